The number of hydrogen-bond acceptors (Lipinski definition) is 9. The van der Waals surface area contributed by atoms with Crippen molar-refractivity contribution in [2.45, 2.75) is 111 Å². The summed E-state index contributed by atoms with van der Waals surface area (Å²) in [6.45, 7) is 14.5. The molecule has 9 nitrogen and oxygen atoms in total. The predicted molar refractivity (Wildman–Crippen MR) is 153 cm³/mol. The number of ether oxygens (including phenoxy) is 3. The van der Waals surface area contributed by atoms with Crippen LogP contribution in [0.15, 0.2) is 23.8 Å². The third-order valence-corrected chi connectivity index (χ3v) is 12.1. The summed E-state index contributed by atoms with van der Waals surface area (Å²) in [6, 6.07) is 0. The van der Waals surface area contributed by atoms with Gasteiger partial charge in [-0.2, -0.15) is 0 Å². The maximum atomic E-state index is 13.3. The molecule has 0 spiro atoms. The van der Waals surface area contributed by atoms with E-state index < -0.39 is 87.5 Å². The zero-order valence-corrected chi connectivity index (χ0v) is 26.3. The van der Waals surface area contributed by atoms with Gasteiger partial charge in [-0.05, 0) is 49.5 Å². The van der Waals surface area contributed by atoms with E-state index in [1.54, 1.807) is 27.0 Å². The molecule has 4 aliphatic carbocycles. The maximum Gasteiger partial charge on any atom is 0.304 e. The number of carbonyl (C=O) groups is 3. The van der Waals surface area contributed by atoms with Crippen molar-refractivity contribution >= 4 is 17.5 Å². The Labute approximate surface area is 248 Å². The van der Waals surface area contributed by atoms with Gasteiger partial charge < -0.3 is 29.5 Å². The van der Waals surface area contributed by atoms with Gasteiger partial charge in [0.2, 0.25) is 6.29 Å². The summed E-state index contributed by atoms with van der Waals surface area (Å²) < 4.78 is 17.9. The Morgan fingerprint density at radius 2 is 1.69 bits per heavy atom. The van der Waals surface area contributed by atoms with Gasteiger partial charge in [0.1, 0.15) is 6.10 Å². The molecule has 0 amide bonds. The highest BCUT2D eigenvalue weighted by molar-refractivity contribution is 5.95. The first-order valence-electron chi connectivity index (χ1n) is 15.2. The number of aliphatic hydroxyl groups excluding tert-OH is 3. The molecule has 12 atom stereocenters. The van der Waals surface area contributed by atoms with Gasteiger partial charge >= 0.3 is 5.97 Å². The second kappa shape index (κ2) is 9.80. The highest BCUT2D eigenvalue weighted by Gasteiger charge is 2.71. The van der Waals surface area contributed by atoms with Crippen molar-refractivity contribution in [2.75, 3.05) is 7.11 Å². The molecule has 5 rings (SSSR count). The molecule has 42 heavy (non-hydrogen) atoms. The van der Waals surface area contributed by atoms with Crippen LogP contribution < -0.4 is 0 Å². The average Bonchev–Trinajstić information content (AvgIpc) is 3.14. The molecule has 1 aliphatic heterocycles. The number of Topliss-reactive ketones (excluding diaryl/α,β-unsaturated/α-hetero) is 1. The summed E-state index contributed by atoms with van der Waals surface area (Å²) in [5.41, 5.74) is -3.27. The van der Waals surface area contributed by atoms with Crippen LogP contribution in [-0.4, -0.2) is 76.3 Å². The highest BCUT2D eigenvalue weighted by atomic mass is 16.7. The fraction of sp³-hybridized carbons (Fsp3) is 0.788. The van der Waals surface area contributed by atoms with Crippen LogP contribution in [0.1, 0.15) is 74.7 Å². The topological polar surface area (TPSA) is 140 Å². The van der Waals surface area contributed by atoms with Crippen LogP contribution in [0.4, 0.5) is 0 Å². The Bertz CT molecular complexity index is 1230. The van der Waals surface area contributed by atoms with Crippen molar-refractivity contribution in [1.82, 2.24) is 0 Å². The Hall–Kier alpha value is -1.91. The van der Waals surface area contributed by atoms with Crippen molar-refractivity contribution in [3.63, 3.8) is 0 Å². The summed E-state index contributed by atoms with van der Waals surface area (Å²) in [7, 11) is 1.58. The third-order valence-electron chi connectivity index (χ3n) is 12.1. The van der Waals surface area contributed by atoms with Gasteiger partial charge in [0.05, 0.1) is 23.9 Å². The SMILES string of the molecule is CO[C@@H]1C=C2[C@]3(C)[C@H](O)C[C@H]4C(C)(C)C(=O)C=C[C@]4(C)[C@H]3[C@H](O)C[C@]2(C)[C@H]1[C@@H]1CC(=O)[C@H](O)C(C)(C)O[C@@H]1OC(C)=O. The lowest BCUT2D eigenvalue weighted by Crippen LogP contribution is -2.67. The molecular weight excluding hydrogens is 540 g/mol. The Kier molecular flexibility index (Phi) is 7.35. The molecule has 0 unspecified atom stereocenters. The molecule has 5 aliphatic rings. The first-order valence-corrected chi connectivity index (χ1v) is 15.2. The zero-order chi connectivity index (χ0) is 31.4. The van der Waals surface area contributed by atoms with E-state index in [4.69, 9.17) is 14.2 Å². The minimum atomic E-state index is -1.41. The lowest BCUT2D eigenvalue weighted by atomic mass is 9.37. The summed E-state index contributed by atoms with van der Waals surface area (Å²) in [4.78, 5) is 38.5. The van der Waals surface area contributed by atoms with Crippen LogP contribution in [0, 0.1) is 45.3 Å². The minimum absolute atomic E-state index is 0.0233. The molecule has 234 valence electrons. The molecule has 3 N–H and O–H groups in total. The molecule has 2 saturated carbocycles. The van der Waals surface area contributed by atoms with Crippen LogP contribution in [0.5, 0.6) is 0 Å². The van der Waals surface area contributed by atoms with Crippen molar-refractivity contribution < 1.29 is 43.9 Å². The third kappa shape index (κ3) is 4.17. The van der Waals surface area contributed by atoms with Crippen molar-refractivity contribution in [3.8, 4) is 0 Å². The molecular formula is C33H48O9. The molecule has 3 fully saturated rings. The van der Waals surface area contributed by atoms with Crippen molar-refractivity contribution in [2.24, 2.45) is 45.3 Å². The second-order valence-corrected chi connectivity index (χ2v) is 15.3. The molecule has 9 heteroatoms. The normalized spacial score (nSPS) is 49.3. The Balaban J connectivity index is 1.64. The van der Waals surface area contributed by atoms with Crippen LogP contribution in [-0.2, 0) is 28.6 Å². The number of carbonyl (C=O) groups excluding carboxylic acids is 3. The van der Waals surface area contributed by atoms with E-state index in [-0.39, 0.29) is 18.1 Å². The van der Waals surface area contributed by atoms with E-state index in [0.717, 1.165) is 5.57 Å². The molecule has 1 heterocycles. The molecule has 0 aromatic rings. The molecule has 0 bridgehead atoms. The zero-order valence-electron chi connectivity index (χ0n) is 26.3. The standard InChI is InChI=1S/C33H48O9/c1-16(34)41-28-17(12-18(35)27(39)30(4,5)42-28)25-20(40-9)13-22-32(25,7)15-19(36)26-31(6)11-10-23(37)29(2,3)21(31)14-24(38)33(22,26)8/h10-11,13,17,19-21,24-28,36,38-39H,12,14-15H2,1-9H3/t17-,19+,20+,21-,24+,25-,26+,27-,28-,31-,32-,33+/m0/s1. The van der Waals surface area contributed by atoms with E-state index in [2.05, 4.69) is 6.92 Å². The molecule has 1 saturated heterocycles. The largest absolute Gasteiger partial charge is 0.436 e. The molecule has 0 aromatic heterocycles. The fourth-order valence-corrected chi connectivity index (χ4v) is 10.3. The second-order valence-electron chi connectivity index (χ2n) is 15.3. The summed E-state index contributed by atoms with van der Waals surface area (Å²) in [5.74, 6) is -2.70. The van der Waals surface area contributed by atoms with Crippen LogP contribution in [0.2, 0.25) is 0 Å². The maximum absolute atomic E-state index is 13.3. The number of fused-ring (bicyclic) bond motifs is 5. The predicted octanol–water partition coefficient (Wildman–Crippen LogP) is 3.14. The van der Waals surface area contributed by atoms with E-state index in [9.17, 15) is 29.7 Å². The van der Waals surface area contributed by atoms with Gasteiger partial charge in [-0.3, -0.25) is 14.4 Å². The van der Waals surface area contributed by atoms with E-state index in [1.807, 2.05) is 39.8 Å². The van der Waals surface area contributed by atoms with Gasteiger partial charge in [-0.15, -0.1) is 0 Å². The fourth-order valence-electron chi connectivity index (χ4n) is 10.3. The van der Waals surface area contributed by atoms with Gasteiger partial charge in [0.25, 0.3) is 0 Å². The van der Waals surface area contributed by atoms with Crippen molar-refractivity contribution in [3.05, 3.63) is 23.8 Å². The van der Waals surface area contributed by atoms with Gasteiger partial charge in [-0.1, -0.05) is 52.3 Å². The Morgan fingerprint density at radius 1 is 1.05 bits per heavy atom. The first kappa shape index (κ1) is 31.5. The summed E-state index contributed by atoms with van der Waals surface area (Å²) in [6.07, 6.45) is 1.40. The van der Waals surface area contributed by atoms with Crippen LogP contribution in [0.25, 0.3) is 0 Å². The number of methoxy groups -OCH3 is 1. The molecule has 0 radical (unpaired) electrons. The lowest BCUT2D eigenvalue weighted by molar-refractivity contribution is -0.245. The minimum Gasteiger partial charge on any atom is -0.436 e. The van der Waals surface area contributed by atoms with Gasteiger partial charge in [-0.25, -0.2) is 0 Å². The van der Waals surface area contributed by atoms with Crippen LogP contribution in [0.3, 0.4) is 0 Å². The van der Waals surface area contributed by atoms with Crippen LogP contribution >= 0.6 is 0 Å². The number of esters is 1. The summed E-state index contributed by atoms with van der Waals surface area (Å²) >= 11 is 0. The monoisotopic (exact) mass is 588 g/mol. The Morgan fingerprint density at radius 3 is 2.29 bits per heavy atom. The van der Waals surface area contributed by atoms with E-state index in [1.165, 1.54) is 6.92 Å². The van der Waals surface area contributed by atoms with Gasteiger partial charge in [0, 0.05) is 49.0 Å². The van der Waals surface area contributed by atoms with Gasteiger partial charge in [0.15, 0.2) is 11.6 Å². The molecule has 0 aromatic carbocycles. The number of aliphatic hydroxyl groups is 3. The van der Waals surface area contributed by atoms with E-state index >= 15 is 0 Å². The van der Waals surface area contributed by atoms with Crippen molar-refractivity contribution in [1.29, 1.82) is 0 Å². The highest BCUT2D eigenvalue weighted by Crippen LogP contribution is 2.72. The number of allylic oxidation sites excluding steroid dienone is 2. The van der Waals surface area contributed by atoms with E-state index in [0.29, 0.717) is 12.8 Å². The average molecular weight is 589 g/mol. The quantitative estimate of drug-likeness (QED) is 0.335. The smallest absolute Gasteiger partial charge is 0.304 e. The first-order chi connectivity index (χ1) is 19.3. The number of hydrogen-bond donors (Lipinski definition) is 3. The number of ketones is 2. The lowest BCUT2D eigenvalue weighted by Gasteiger charge is -2.67. The summed E-state index contributed by atoms with van der Waals surface area (Å²) in [5, 5.41) is 35.0. The number of rotatable bonds is 3.